The van der Waals surface area contributed by atoms with Crippen molar-refractivity contribution in [2.75, 3.05) is 81.5 Å². The normalized spacial score (nSPS) is 18.2. The molecule has 2 heterocycles. The van der Waals surface area contributed by atoms with Gasteiger partial charge in [0.1, 0.15) is 0 Å². The number of nitrogens with one attached hydrogen (secondary N) is 1. The number of ether oxygens (including phenoxy) is 1. The number of benzene rings is 4. The molecule has 0 saturated carbocycles. The minimum Gasteiger partial charge on any atom is -0.380 e. The highest BCUT2D eigenvalue weighted by molar-refractivity contribution is 7.99. The lowest BCUT2D eigenvalue weighted by molar-refractivity contribution is -0.0435. The summed E-state index contributed by atoms with van der Waals surface area (Å²) in [7, 11) is -10.8. The molecular formula is C51H63ClF3N5O6S3. The summed E-state index contributed by atoms with van der Waals surface area (Å²) in [6, 6.07) is 26.0. The van der Waals surface area contributed by atoms with Crippen molar-refractivity contribution in [2.24, 2.45) is 5.41 Å². The first-order chi connectivity index (χ1) is 32.5. The van der Waals surface area contributed by atoms with Crippen LogP contribution in [0, 0.1) is 5.41 Å². The highest BCUT2D eigenvalue weighted by Crippen LogP contribution is 2.43. The number of morpholine rings is 1. The van der Waals surface area contributed by atoms with Gasteiger partial charge >= 0.3 is 5.51 Å². The highest BCUT2D eigenvalue weighted by atomic mass is 35.5. The molecule has 0 aromatic heterocycles. The number of carbonyl (C=O) groups is 1. The third-order valence-corrected chi connectivity index (χ3v) is 18.0. The van der Waals surface area contributed by atoms with Crippen LogP contribution in [-0.4, -0.2) is 125 Å². The van der Waals surface area contributed by atoms with Crippen LogP contribution >= 0.6 is 23.4 Å². The Kier molecular flexibility index (Phi) is 16.6. The Morgan fingerprint density at radius 2 is 1.51 bits per heavy atom. The molecular weight excluding hydrogens is 967 g/mol. The predicted molar refractivity (Wildman–Crippen MR) is 270 cm³/mol. The minimum atomic E-state index is -5.95. The monoisotopic (exact) mass is 1030 g/mol. The molecule has 3 aliphatic rings. The fourth-order valence-corrected chi connectivity index (χ4v) is 13.0. The van der Waals surface area contributed by atoms with E-state index in [2.05, 4.69) is 46.0 Å². The molecule has 2 aliphatic heterocycles. The number of sulfone groups is 1. The van der Waals surface area contributed by atoms with Gasteiger partial charge in [-0.15, -0.1) is 11.8 Å². The lowest BCUT2D eigenvalue weighted by atomic mass is 9.73. The molecule has 1 atom stereocenters. The maximum Gasteiger partial charge on any atom is 0.501 e. The molecule has 7 rings (SSSR count). The topological polar surface area (TPSA) is 120 Å². The van der Waals surface area contributed by atoms with Crippen LogP contribution in [0.15, 0.2) is 117 Å². The van der Waals surface area contributed by atoms with Gasteiger partial charge in [0.2, 0.25) is 0 Å². The third kappa shape index (κ3) is 13.1. The number of rotatable bonds is 16. The van der Waals surface area contributed by atoms with Crippen LogP contribution in [0.4, 0.5) is 24.5 Å². The van der Waals surface area contributed by atoms with Crippen molar-refractivity contribution < 1.29 is 39.5 Å². The van der Waals surface area contributed by atoms with Gasteiger partial charge in [0.05, 0.1) is 34.2 Å². The molecule has 0 bridgehead atoms. The van der Waals surface area contributed by atoms with Crippen molar-refractivity contribution in [3.05, 3.63) is 119 Å². The molecule has 1 amide bonds. The first-order valence-corrected chi connectivity index (χ1v) is 27.6. The van der Waals surface area contributed by atoms with E-state index in [1.54, 1.807) is 45.0 Å². The van der Waals surface area contributed by atoms with E-state index in [1.807, 2.05) is 42.5 Å². The van der Waals surface area contributed by atoms with E-state index in [0.717, 1.165) is 79.7 Å². The molecule has 1 aliphatic carbocycles. The van der Waals surface area contributed by atoms with Gasteiger partial charge in [-0.05, 0) is 130 Å². The van der Waals surface area contributed by atoms with E-state index in [4.69, 9.17) is 16.3 Å². The molecule has 2 fully saturated rings. The van der Waals surface area contributed by atoms with Crippen LogP contribution in [0.1, 0.15) is 76.2 Å². The summed E-state index contributed by atoms with van der Waals surface area (Å²) in [4.78, 5) is 20.5. The Hall–Kier alpha value is -4.10. The lowest BCUT2D eigenvalue weighted by Crippen LogP contribution is -2.49. The quantitative estimate of drug-likeness (QED) is 0.108. The maximum atomic E-state index is 14.7. The molecule has 4 aromatic rings. The second-order valence-electron chi connectivity index (χ2n) is 19.8. The lowest BCUT2D eigenvalue weighted by Gasteiger charge is -2.39. The molecule has 0 radical (unpaired) electrons. The molecule has 11 nitrogen and oxygen atoms in total. The minimum absolute atomic E-state index is 0.0909. The van der Waals surface area contributed by atoms with E-state index >= 15 is 0 Å². The Morgan fingerprint density at radius 3 is 2.13 bits per heavy atom. The van der Waals surface area contributed by atoms with E-state index < -0.39 is 58.3 Å². The SMILES string of the molecule is CC1(C)CCC(c2ccc(Cl)cc2)=C(CN2CCN(c3ccc(C(=O)N(C(C)(C)C)S(=O)(=O)c4ccc(S(=O)(=O)C(F)(F)F)c(N[C@H](CCN5CCOCC5)CSc5ccccc5)c4)cc3)CC2)C1. The number of sulfonamides is 1. The number of nitrogens with zero attached hydrogens (tertiary/aromatic N) is 4. The van der Waals surface area contributed by atoms with Gasteiger partial charge in [0.25, 0.3) is 25.8 Å². The first-order valence-electron chi connectivity index (χ1n) is 23.4. The largest absolute Gasteiger partial charge is 0.501 e. The number of anilines is 2. The summed E-state index contributed by atoms with van der Waals surface area (Å²) in [5.74, 6) is -0.527. The highest BCUT2D eigenvalue weighted by Gasteiger charge is 2.49. The van der Waals surface area contributed by atoms with Crippen molar-refractivity contribution in [1.29, 1.82) is 0 Å². The number of carbonyl (C=O) groups excluding carboxylic acids is 1. The zero-order valence-corrected chi connectivity index (χ0v) is 43.1. The zero-order valence-electron chi connectivity index (χ0n) is 39.9. The second kappa shape index (κ2) is 21.7. The van der Waals surface area contributed by atoms with Crippen LogP contribution < -0.4 is 10.2 Å². The number of hydrogen-bond donors (Lipinski definition) is 1. The maximum absolute atomic E-state index is 14.7. The van der Waals surface area contributed by atoms with Crippen molar-refractivity contribution in [3.8, 4) is 0 Å². The fourth-order valence-electron chi connectivity index (χ4n) is 9.24. The number of hydrogen-bond acceptors (Lipinski definition) is 11. The molecule has 4 aromatic carbocycles. The second-order valence-corrected chi connectivity index (χ2v) is 25.0. The van der Waals surface area contributed by atoms with E-state index in [-0.39, 0.29) is 11.0 Å². The van der Waals surface area contributed by atoms with Gasteiger partial charge in [-0.3, -0.25) is 14.6 Å². The Balaban J connectivity index is 1.10. The van der Waals surface area contributed by atoms with E-state index in [1.165, 1.54) is 28.5 Å². The smallest absolute Gasteiger partial charge is 0.380 e. The van der Waals surface area contributed by atoms with Gasteiger partial charge in [-0.1, -0.05) is 61.4 Å². The number of thioether (sulfide) groups is 1. The molecule has 2 saturated heterocycles. The van der Waals surface area contributed by atoms with Gasteiger partial charge < -0.3 is 15.0 Å². The summed E-state index contributed by atoms with van der Waals surface area (Å²) in [5.41, 5.74) is -2.28. The fraction of sp³-hybridized carbons (Fsp3) is 0.471. The van der Waals surface area contributed by atoms with Crippen molar-refractivity contribution in [3.63, 3.8) is 0 Å². The number of amides is 1. The van der Waals surface area contributed by atoms with Gasteiger partial charge in [-0.25, -0.2) is 21.1 Å². The summed E-state index contributed by atoms with van der Waals surface area (Å²) in [6.45, 7) is 16.2. The van der Waals surface area contributed by atoms with E-state index in [0.29, 0.717) is 55.4 Å². The van der Waals surface area contributed by atoms with Crippen molar-refractivity contribution in [1.82, 2.24) is 14.1 Å². The van der Waals surface area contributed by atoms with E-state index in [9.17, 15) is 34.8 Å². The molecule has 0 spiro atoms. The Morgan fingerprint density at radius 1 is 0.855 bits per heavy atom. The van der Waals surface area contributed by atoms with Crippen LogP contribution in [0.3, 0.4) is 0 Å². The number of halogens is 4. The van der Waals surface area contributed by atoms with Crippen LogP contribution in [-0.2, 0) is 24.6 Å². The zero-order chi connectivity index (χ0) is 49.8. The summed E-state index contributed by atoms with van der Waals surface area (Å²) < 4.78 is 105. The van der Waals surface area contributed by atoms with Crippen LogP contribution in [0.25, 0.3) is 5.57 Å². The first kappa shape index (κ1) is 52.7. The number of alkyl halides is 3. The Labute approximate surface area is 415 Å². The molecule has 0 unspecified atom stereocenters. The van der Waals surface area contributed by atoms with Gasteiger partial charge in [-0.2, -0.15) is 13.2 Å². The molecule has 69 heavy (non-hydrogen) atoms. The number of allylic oxidation sites excluding steroid dienone is 1. The summed E-state index contributed by atoms with van der Waals surface area (Å²) in [6.07, 6.45) is 3.56. The summed E-state index contributed by atoms with van der Waals surface area (Å²) >= 11 is 7.65. The average molecular weight is 1030 g/mol. The molecule has 374 valence electrons. The van der Waals surface area contributed by atoms with Gasteiger partial charge in [0, 0.05) is 85.3 Å². The average Bonchev–Trinajstić information content (AvgIpc) is 3.30. The van der Waals surface area contributed by atoms with Crippen LogP contribution in [0.5, 0.6) is 0 Å². The third-order valence-electron chi connectivity index (χ3n) is 13.0. The summed E-state index contributed by atoms with van der Waals surface area (Å²) in [5, 5.41) is 3.74. The van der Waals surface area contributed by atoms with Crippen LogP contribution in [0.2, 0.25) is 5.02 Å². The van der Waals surface area contributed by atoms with Crippen molar-refractivity contribution in [2.45, 2.75) is 92.1 Å². The Bertz CT molecular complexity index is 2670. The number of piperazine rings is 1. The van der Waals surface area contributed by atoms with Crippen molar-refractivity contribution >= 4 is 66.1 Å². The molecule has 18 heteroatoms. The van der Waals surface area contributed by atoms with Gasteiger partial charge in [0.15, 0.2) is 0 Å². The standard InChI is InChI=1S/C51H63ClF3N5O6S3/c1-49(2,3)60(48(61)38-13-17-42(18-14-38)59-27-25-58(26-28-59)35-39-34-50(4,5)23-21-45(39)37-11-15-40(52)16-12-37)69(64,65)44-19-20-47(68(62,63)51(53,54)55)46(33-44)56-41(22-24-57-29-31-66-32-30-57)36-67-43-9-7-6-8-10-43/h6-20,33,41,56H,21-32,34-36H2,1-5H3/t41-/m1/s1. The predicted octanol–water partition coefficient (Wildman–Crippen LogP) is 10.3. The molecule has 1 N–H and O–H groups in total.